The van der Waals surface area contributed by atoms with Crippen molar-refractivity contribution in [1.29, 1.82) is 0 Å². The predicted octanol–water partition coefficient (Wildman–Crippen LogP) is 4.87. The standard InChI is InChI=1S/C20H20N6O/c1-12-9-15(10-13(2)14(12)3)22-20-21-7-6-18(24-20)23-19-11-16(25-26-19)17-5-4-8-27-17/h4-11H,1-3H3,(H3,21,22,23,24,25,26). The van der Waals surface area contributed by atoms with Gasteiger partial charge in [0.15, 0.2) is 11.6 Å². The van der Waals surface area contributed by atoms with E-state index in [4.69, 9.17) is 4.42 Å². The van der Waals surface area contributed by atoms with E-state index in [2.05, 4.69) is 63.7 Å². The van der Waals surface area contributed by atoms with E-state index in [1.165, 1.54) is 16.7 Å². The molecule has 7 heteroatoms. The molecule has 0 aliphatic carbocycles. The molecule has 3 aromatic heterocycles. The lowest BCUT2D eigenvalue weighted by Gasteiger charge is -2.11. The van der Waals surface area contributed by atoms with E-state index in [1.807, 2.05) is 18.2 Å². The van der Waals surface area contributed by atoms with Gasteiger partial charge >= 0.3 is 0 Å². The number of furan rings is 1. The van der Waals surface area contributed by atoms with Crippen LogP contribution in [0.2, 0.25) is 0 Å². The van der Waals surface area contributed by atoms with Crippen molar-refractivity contribution in [3.63, 3.8) is 0 Å². The number of hydrogen-bond acceptors (Lipinski definition) is 6. The molecule has 4 rings (SSSR count). The van der Waals surface area contributed by atoms with Crippen LogP contribution in [0.25, 0.3) is 11.5 Å². The maximum absolute atomic E-state index is 5.36. The smallest absolute Gasteiger partial charge is 0.229 e. The summed E-state index contributed by atoms with van der Waals surface area (Å²) in [5.74, 6) is 2.54. The molecule has 0 radical (unpaired) electrons. The Morgan fingerprint density at radius 2 is 1.78 bits per heavy atom. The number of nitrogens with zero attached hydrogens (tertiary/aromatic N) is 3. The molecular weight excluding hydrogens is 340 g/mol. The highest BCUT2D eigenvalue weighted by atomic mass is 16.3. The highest BCUT2D eigenvalue weighted by Crippen LogP contribution is 2.24. The fourth-order valence-electron chi connectivity index (χ4n) is 2.80. The van der Waals surface area contributed by atoms with Gasteiger partial charge in [-0.2, -0.15) is 10.1 Å². The van der Waals surface area contributed by atoms with Crippen LogP contribution in [-0.4, -0.2) is 20.2 Å². The van der Waals surface area contributed by atoms with Crippen molar-refractivity contribution in [2.45, 2.75) is 20.8 Å². The van der Waals surface area contributed by atoms with Crippen molar-refractivity contribution >= 4 is 23.3 Å². The van der Waals surface area contributed by atoms with Gasteiger partial charge in [0.25, 0.3) is 0 Å². The first-order valence-electron chi connectivity index (χ1n) is 8.63. The number of rotatable bonds is 5. The van der Waals surface area contributed by atoms with Crippen LogP contribution in [-0.2, 0) is 0 Å². The Morgan fingerprint density at radius 1 is 0.963 bits per heavy atom. The molecule has 0 saturated heterocycles. The second kappa shape index (κ2) is 6.95. The van der Waals surface area contributed by atoms with Gasteiger partial charge in [-0.1, -0.05) is 0 Å². The van der Waals surface area contributed by atoms with Crippen LogP contribution in [0, 0.1) is 20.8 Å². The largest absolute Gasteiger partial charge is 0.463 e. The molecule has 0 atom stereocenters. The minimum Gasteiger partial charge on any atom is -0.463 e. The SMILES string of the molecule is Cc1cc(Nc2nccc(Nc3cc(-c4ccco4)[nH]n3)n2)cc(C)c1C. The molecule has 4 aromatic rings. The molecule has 0 spiro atoms. The van der Waals surface area contributed by atoms with Crippen molar-refractivity contribution in [1.82, 2.24) is 20.2 Å². The van der Waals surface area contributed by atoms with Crippen LogP contribution in [0.5, 0.6) is 0 Å². The molecule has 0 aliphatic rings. The molecular formula is C20H20N6O. The molecule has 3 heterocycles. The predicted molar refractivity (Wildman–Crippen MR) is 106 cm³/mol. The first kappa shape index (κ1) is 16.8. The van der Waals surface area contributed by atoms with E-state index in [-0.39, 0.29) is 0 Å². The summed E-state index contributed by atoms with van der Waals surface area (Å²) in [6.45, 7) is 6.32. The van der Waals surface area contributed by atoms with E-state index in [0.29, 0.717) is 17.6 Å². The van der Waals surface area contributed by atoms with Gasteiger partial charge in [-0.05, 0) is 67.8 Å². The number of aryl methyl sites for hydroxylation is 2. The zero-order chi connectivity index (χ0) is 18.8. The second-order valence-corrected chi connectivity index (χ2v) is 6.39. The van der Waals surface area contributed by atoms with Crippen LogP contribution in [0.4, 0.5) is 23.3 Å². The van der Waals surface area contributed by atoms with Gasteiger partial charge in [-0.3, -0.25) is 5.10 Å². The lowest BCUT2D eigenvalue weighted by atomic mass is 10.0. The third kappa shape index (κ3) is 3.67. The molecule has 7 nitrogen and oxygen atoms in total. The van der Waals surface area contributed by atoms with Crippen LogP contribution < -0.4 is 10.6 Å². The summed E-state index contributed by atoms with van der Waals surface area (Å²) < 4.78 is 5.36. The molecule has 27 heavy (non-hydrogen) atoms. The fourth-order valence-corrected chi connectivity index (χ4v) is 2.80. The van der Waals surface area contributed by atoms with Crippen LogP contribution in [0.3, 0.4) is 0 Å². The number of hydrogen-bond donors (Lipinski definition) is 3. The van der Waals surface area contributed by atoms with Crippen molar-refractivity contribution in [3.05, 3.63) is 65.5 Å². The van der Waals surface area contributed by atoms with Gasteiger partial charge in [0.1, 0.15) is 11.5 Å². The van der Waals surface area contributed by atoms with Crippen LogP contribution >= 0.6 is 0 Å². The molecule has 0 unspecified atom stereocenters. The van der Waals surface area contributed by atoms with Crippen molar-refractivity contribution in [3.8, 4) is 11.5 Å². The molecule has 1 aromatic carbocycles. The number of benzene rings is 1. The molecule has 0 aliphatic heterocycles. The summed E-state index contributed by atoms with van der Waals surface area (Å²) in [5, 5.41) is 13.6. The molecule has 0 bridgehead atoms. The number of H-pyrrole nitrogens is 1. The van der Waals surface area contributed by atoms with E-state index in [9.17, 15) is 0 Å². The topological polar surface area (TPSA) is 91.7 Å². The highest BCUT2D eigenvalue weighted by molar-refractivity contribution is 5.63. The van der Waals surface area contributed by atoms with Gasteiger partial charge in [-0.25, -0.2) is 4.98 Å². The van der Waals surface area contributed by atoms with Gasteiger partial charge in [0, 0.05) is 18.0 Å². The summed E-state index contributed by atoms with van der Waals surface area (Å²) in [7, 11) is 0. The summed E-state index contributed by atoms with van der Waals surface area (Å²) in [4.78, 5) is 8.80. The normalized spacial score (nSPS) is 10.8. The minimum absolute atomic E-state index is 0.518. The van der Waals surface area contributed by atoms with E-state index in [0.717, 1.165) is 17.1 Å². The maximum atomic E-state index is 5.36. The van der Waals surface area contributed by atoms with Gasteiger partial charge in [0.05, 0.1) is 6.26 Å². The number of anilines is 4. The molecule has 0 fully saturated rings. The van der Waals surface area contributed by atoms with E-state index in [1.54, 1.807) is 18.5 Å². The Balaban J connectivity index is 1.51. The first-order valence-corrected chi connectivity index (χ1v) is 8.63. The maximum Gasteiger partial charge on any atom is 0.229 e. The van der Waals surface area contributed by atoms with Gasteiger partial charge in [0.2, 0.25) is 5.95 Å². The van der Waals surface area contributed by atoms with Crippen molar-refractivity contribution in [2.24, 2.45) is 0 Å². The Hall–Kier alpha value is -3.61. The number of nitrogens with one attached hydrogen (secondary N) is 3. The molecule has 136 valence electrons. The zero-order valence-corrected chi connectivity index (χ0v) is 15.4. The number of aromatic amines is 1. The monoisotopic (exact) mass is 360 g/mol. The quantitative estimate of drug-likeness (QED) is 0.470. The van der Waals surface area contributed by atoms with Crippen molar-refractivity contribution < 1.29 is 4.42 Å². The molecule has 0 saturated carbocycles. The third-order valence-corrected chi connectivity index (χ3v) is 4.46. The van der Waals surface area contributed by atoms with Crippen molar-refractivity contribution in [2.75, 3.05) is 10.6 Å². The zero-order valence-electron chi connectivity index (χ0n) is 15.4. The average molecular weight is 360 g/mol. The summed E-state index contributed by atoms with van der Waals surface area (Å²) >= 11 is 0. The number of aromatic nitrogens is 4. The Bertz CT molecular complexity index is 1040. The first-order chi connectivity index (χ1) is 13.1. The van der Waals surface area contributed by atoms with E-state index >= 15 is 0 Å². The Kier molecular flexibility index (Phi) is 4.33. The third-order valence-electron chi connectivity index (χ3n) is 4.46. The summed E-state index contributed by atoms with van der Waals surface area (Å²) in [6.07, 6.45) is 3.33. The average Bonchev–Trinajstić information content (AvgIpc) is 3.31. The summed E-state index contributed by atoms with van der Waals surface area (Å²) in [5.41, 5.74) is 5.51. The Morgan fingerprint density at radius 3 is 2.52 bits per heavy atom. The Labute approximate surface area is 156 Å². The fraction of sp³-hybridized carbons (Fsp3) is 0.150. The summed E-state index contributed by atoms with van der Waals surface area (Å²) in [6, 6.07) is 11.5. The second-order valence-electron chi connectivity index (χ2n) is 6.39. The molecule has 0 amide bonds. The van der Waals surface area contributed by atoms with Crippen LogP contribution in [0.15, 0.2) is 53.3 Å². The highest BCUT2D eigenvalue weighted by Gasteiger charge is 2.08. The van der Waals surface area contributed by atoms with Gasteiger partial charge in [-0.15, -0.1) is 0 Å². The minimum atomic E-state index is 0.518. The van der Waals surface area contributed by atoms with E-state index < -0.39 is 0 Å². The lowest BCUT2D eigenvalue weighted by molar-refractivity contribution is 0.580. The van der Waals surface area contributed by atoms with Gasteiger partial charge < -0.3 is 15.1 Å². The van der Waals surface area contributed by atoms with Crippen LogP contribution in [0.1, 0.15) is 16.7 Å². The molecule has 3 N–H and O–H groups in total. The lowest BCUT2D eigenvalue weighted by Crippen LogP contribution is -2.01.